The lowest BCUT2D eigenvalue weighted by atomic mass is 9.66. The van der Waals surface area contributed by atoms with Gasteiger partial charge in [-0.2, -0.15) is 0 Å². The summed E-state index contributed by atoms with van der Waals surface area (Å²) in [5.41, 5.74) is 16.4. The molecular weight excluding hydrogens is 707 g/mol. The molecule has 10 aromatic rings. The highest BCUT2D eigenvalue weighted by Gasteiger charge is 2.46. The van der Waals surface area contributed by atoms with Crippen molar-refractivity contribution in [1.29, 1.82) is 0 Å². The van der Waals surface area contributed by atoms with Gasteiger partial charge in [-0.25, -0.2) is 0 Å². The molecule has 2 aromatic heterocycles. The number of rotatable bonds is 6. The lowest BCUT2D eigenvalue weighted by molar-refractivity contribution is 0.669. The summed E-state index contributed by atoms with van der Waals surface area (Å²) in [5, 5.41) is 4.45. The van der Waals surface area contributed by atoms with Gasteiger partial charge in [0.1, 0.15) is 22.3 Å². The van der Waals surface area contributed by atoms with E-state index in [4.69, 9.17) is 8.83 Å². The Morgan fingerprint density at radius 2 is 0.983 bits per heavy atom. The molecule has 274 valence electrons. The van der Waals surface area contributed by atoms with Gasteiger partial charge in [0.2, 0.25) is 0 Å². The maximum Gasteiger partial charge on any atom is 0.137 e. The molecule has 0 aliphatic heterocycles. The first-order chi connectivity index (χ1) is 28.7. The number of furan rings is 2. The zero-order valence-corrected chi connectivity index (χ0v) is 31.7. The Morgan fingerprint density at radius 1 is 0.414 bits per heavy atom. The SMILES string of the molecule is C1=CC(C2(c3ccccc3)c3ccccc3-c3ccc(-c4ccc(N(c5ccc6c(c5)oc5ccccc56)c5ccc6c(c5)oc5ccccc56)cc4)cc32)=CCC1. The Hall–Kier alpha value is -7.36. The van der Waals surface area contributed by atoms with Crippen molar-refractivity contribution < 1.29 is 8.83 Å². The second-order valence-corrected chi connectivity index (χ2v) is 15.5. The van der Waals surface area contributed by atoms with Crippen LogP contribution >= 0.6 is 0 Å². The van der Waals surface area contributed by atoms with E-state index in [-0.39, 0.29) is 0 Å². The largest absolute Gasteiger partial charge is 0.456 e. The Balaban J connectivity index is 1.00. The number of hydrogen-bond acceptors (Lipinski definition) is 3. The van der Waals surface area contributed by atoms with Crippen molar-refractivity contribution in [2.24, 2.45) is 0 Å². The summed E-state index contributed by atoms with van der Waals surface area (Å²) in [6, 6.07) is 65.7. The average Bonchev–Trinajstić information content (AvgIpc) is 3.95. The van der Waals surface area contributed by atoms with Crippen LogP contribution in [0.15, 0.2) is 215 Å². The van der Waals surface area contributed by atoms with Gasteiger partial charge < -0.3 is 13.7 Å². The van der Waals surface area contributed by atoms with Crippen molar-refractivity contribution in [1.82, 2.24) is 0 Å². The van der Waals surface area contributed by atoms with Crippen LogP contribution in [-0.2, 0) is 5.41 Å². The summed E-state index contributed by atoms with van der Waals surface area (Å²) in [6.45, 7) is 0. The van der Waals surface area contributed by atoms with Gasteiger partial charge in [0.05, 0.1) is 5.41 Å². The third kappa shape index (κ3) is 4.86. The van der Waals surface area contributed by atoms with E-state index in [9.17, 15) is 0 Å². The molecule has 0 saturated carbocycles. The van der Waals surface area contributed by atoms with Crippen LogP contribution in [-0.4, -0.2) is 0 Å². The van der Waals surface area contributed by atoms with Crippen LogP contribution < -0.4 is 4.90 Å². The molecule has 3 nitrogen and oxygen atoms in total. The van der Waals surface area contributed by atoms with Gasteiger partial charge in [0.15, 0.2) is 0 Å². The lowest BCUT2D eigenvalue weighted by Gasteiger charge is -2.35. The first-order valence-electron chi connectivity index (χ1n) is 20.1. The van der Waals surface area contributed by atoms with Crippen LogP contribution in [0.3, 0.4) is 0 Å². The predicted molar refractivity (Wildman–Crippen MR) is 239 cm³/mol. The van der Waals surface area contributed by atoms with E-state index in [1.807, 2.05) is 24.3 Å². The van der Waals surface area contributed by atoms with Gasteiger partial charge in [-0.1, -0.05) is 133 Å². The van der Waals surface area contributed by atoms with Crippen molar-refractivity contribution >= 4 is 60.9 Å². The van der Waals surface area contributed by atoms with Crippen molar-refractivity contribution in [2.45, 2.75) is 18.3 Å². The molecule has 0 saturated heterocycles. The highest BCUT2D eigenvalue weighted by atomic mass is 16.3. The maximum atomic E-state index is 6.40. The molecule has 12 rings (SSSR count). The summed E-state index contributed by atoms with van der Waals surface area (Å²) in [7, 11) is 0. The number of benzene rings is 8. The predicted octanol–water partition coefficient (Wildman–Crippen LogP) is 15.2. The van der Waals surface area contributed by atoms with Crippen LogP contribution in [0.4, 0.5) is 17.1 Å². The minimum Gasteiger partial charge on any atom is -0.456 e. The first-order valence-corrected chi connectivity index (χ1v) is 20.1. The van der Waals surface area contributed by atoms with Crippen LogP contribution in [0.25, 0.3) is 66.1 Å². The molecule has 0 fully saturated rings. The van der Waals surface area contributed by atoms with Gasteiger partial charge in [-0.3, -0.25) is 0 Å². The third-order valence-corrected chi connectivity index (χ3v) is 12.4. The molecule has 0 N–H and O–H groups in total. The fourth-order valence-electron chi connectivity index (χ4n) is 9.78. The van der Waals surface area contributed by atoms with E-state index in [2.05, 4.69) is 181 Å². The summed E-state index contributed by atoms with van der Waals surface area (Å²) in [6.07, 6.45) is 9.28. The van der Waals surface area contributed by atoms with Crippen molar-refractivity contribution in [3.63, 3.8) is 0 Å². The van der Waals surface area contributed by atoms with E-state index in [1.54, 1.807) is 0 Å². The molecule has 3 heteroatoms. The Kier molecular flexibility index (Phi) is 7.27. The number of anilines is 3. The van der Waals surface area contributed by atoms with Crippen LogP contribution in [0.2, 0.25) is 0 Å². The van der Waals surface area contributed by atoms with Crippen LogP contribution in [0.1, 0.15) is 29.5 Å². The molecule has 1 atom stereocenters. The van der Waals surface area contributed by atoms with Crippen molar-refractivity contribution in [3.8, 4) is 22.3 Å². The van der Waals surface area contributed by atoms with Gasteiger partial charge in [0, 0.05) is 50.7 Å². The third-order valence-electron chi connectivity index (χ3n) is 12.4. The van der Waals surface area contributed by atoms with E-state index >= 15 is 0 Å². The number of para-hydroxylation sites is 2. The minimum absolute atomic E-state index is 0.401. The number of allylic oxidation sites excluding steroid dienone is 4. The Labute approximate surface area is 336 Å². The minimum atomic E-state index is -0.401. The molecule has 0 bridgehead atoms. The highest BCUT2D eigenvalue weighted by Crippen LogP contribution is 2.57. The molecule has 1 unspecified atom stereocenters. The number of fused-ring (bicyclic) bond motifs is 9. The normalized spacial score (nSPS) is 15.9. The van der Waals surface area contributed by atoms with Crippen molar-refractivity contribution in [3.05, 3.63) is 222 Å². The molecular formula is C55H37NO2. The van der Waals surface area contributed by atoms with E-state index < -0.39 is 5.41 Å². The van der Waals surface area contributed by atoms with Gasteiger partial charge in [-0.05, 0) is 112 Å². The fraction of sp³-hybridized carbons (Fsp3) is 0.0545. The maximum absolute atomic E-state index is 6.40. The van der Waals surface area contributed by atoms with Crippen LogP contribution in [0, 0.1) is 0 Å². The zero-order valence-electron chi connectivity index (χ0n) is 31.7. The summed E-state index contributed by atoms with van der Waals surface area (Å²) >= 11 is 0. The molecule has 58 heavy (non-hydrogen) atoms. The van der Waals surface area contributed by atoms with E-state index in [0.29, 0.717) is 0 Å². The van der Waals surface area contributed by atoms with Gasteiger partial charge >= 0.3 is 0 Å². The van der Waals surface area contributed by atoms with E-state index in [0.717, 1.165) is 79.3 Å². The molecule has 0 spiro atoms. The standard InChI is InChI=1S/C55H37NO2/c1-3-13-38(14-4-1)55(39-15-5-2-6-16-39)49-20-10-7-17-43(49)44-30-25-37(33-50(44)55)36-23-26-40(27-24-36)56(41-28-31-47-45-18-8-11-21-51(45)57-53(47)34-41)42-29-32-48-46-19-9-12-22-52(46)58-54(48)35-42/h1,3-5,7-35H,2,6H2. The molecule has 2 aliphatic rings. The summed E-state index contributed by atoms with van der Waals surface area (Å²) in [5.74, 6) is 0. The summed E-state index contributed by atoms with van der Waals surface area (Å²) in [4.78, 5) is 2.30. The second kappa shape index (κ2) is 12.8. The molecule has 2 heterocycles. The smallest absolute Gasteiger partial charge is 0.137 e. The second-order valence-electron chi connectivity index (χ2n) is 15.5. The fourth-order valence-corrected chi connectivity index (χ4v) is 9.78. The highest BCUT2D eigenvalue weighted by molar-refractivity contribution is 6.08. The van der Waals surface area contributed by atoms with E-state index in [1.165, 1.54) is 39.0 Å². The Morgan fingerprint density at radius 3 is 1.66 bits per heavy atom. The van der Waals surface area contributed by atoms with Crippen molar-refractivity contribution in [2.75, 3.05) is 4.90 Å². The first kappa shape index (κ1) is 32.8. The average molecular weight is 744 g/mol. The molecule has 0 radical (unpaired) electrons. The zero-order chi connectivity index (χ0) is 38.2. The molecule has 8 aromatic carbocycles. The monoisotopic (exact) mass is 743 g/mol. The molecule has 0 amide bonds. The van der Waals surface area contributed by atoms with Crippen LogP contribution in [0.5, 0.6) is 0 Å². The van der Waals surface area contributed by atoms with Gasteiger partial charge in [0.25, 0.3) is 0 Å². The summed E-state index contributed by atoms with van der Waals surface area (Å²) < 4.78 is 12.8. The molecule has 2 aliphatic carbocycles. The quantitative estimate of drug-likeness (QED) is 0.170. The lowest BCUT2D eigenvalue weighted by Crippen LogP contribution is -2.29. The number of nitrogens with zero attached hydrogens (tertiary/aromatic N) is 1. The van der Waals surface area contributed by atoms with Gasteiger partial charge in [-0.15, -0.1) is 0 Å². The topological polar surface area (TPSA) is 29.5 Å². The Bertz CT molecular complexity index is 3180. The number of hydrogen-bond donors (Lipinski definition) is 0.